The summed E-state index contributed by atoms with van der Waals surface area (Å²) in [7, 11) is 1.69. The molecule has 13 heteroatoms. The topological polar surface area (TPSA) is 119 Å². The Morgan fingerprint density at radius 2 is 1.83 bits per heavy atom. The van der Waals surface area contributed by atoms with Crippen molar-refractivity contribution in [1.29, 1.82) is 0 Å². The lowest BCUT2D eigenvalue weighted by Crippen LogP contribution is -2.53. The third-order valence-corrected chi connectivity index (χ3v) is 8.55. The van der Waals surface area contributed by atoms with E-state index < -0.39 is 11.7 Å². The molecule has 1 amide bonds. The van der Waals surface area contributed by atoms with Crippen LogP contribution in [0, 0.1) is 0 Å². The molecule has 3 heterocycles. The molecule has 3 aromatic rings. The predicted octanol–water partition coefficient (Wildman–Crippen LogP) is 4.47. The van der Waals surface area contributed by atoms with Crippen molar-refractivity contribution in [2.75, 3.05) is 43.4 Å². The molecule has 1 aromatic carbocycles. The van der Waals surface area contributed by atoms with E-state index in [1.165, 1.54) is 4.57 Å². The summed E-state index contributed by atoms with van der Waals surface area (Å²) < 4.78 is 7.02. The van der Waals surface area contributed by atoms with Crippen molar-refractivity contribution in [2.24, 2.45) is 7.05 Å². The average molecular weight is 621 g/mol. The van der Waals surface area contributed by atoms with Gasteiger partial charge in [-0.25, -0.2) is 4.79 Å². The van der Waals surface area contributed by atoms with Gasteiger partial charge in [-0.05, 0) is 57.0 Å². The van der Waals surface area contributed by atoms with Gasteiger partial charge >= 0.3 is 6.09 Å². The molecule has 0 saturated carbocycles. The van der Waals surface area contributed by atoms with Crippen LogP contribution in [0.3, 0.4) is 0 Å². The largest absolute Gasteiger partial charge is 0.444 e. The van der Waals surface area contributed by atoms with Crippen LogP contribution in [0.1, 0.15) is 26.3 Å². The lowest BCUT2D eigenvalue weighted by atomic mass is 10.1. The maximum absolute atomic E-state index is 13.3. The first-order chi connectivity index (χ1) is 19.4. The van der Waals surface area contributed by atoms with Gasteiger partial charge in [0.1, 0.15) is 16.3 Å². The molecule has 220 valence electrons. The monoisotopic (exact) mass is 619 g/mol. The summed E-state index contributed by atoms with van der Waals surface area (Å²) in [6.45, 7) is 8.88. The van der Waals surface area contributed by atoms with Gasteiger partial charge in [0.2, 0.25) is 5.95 Å². The highest BCUT2D eigenvalue weighted by Gasteiger charge is 2.26. The average Bonchev–Trinajstić information content (AvgIpc) is 2.91. The van der Waals surface area contributed by atoms with Crippen LogP contribution in [0.15, 0.2) is 57.3 Å². The van der Waals surface area contributed by atoms with Crippen LogP contribution in [0.5, 0.6) is 0 Å². The van der Waals surface area contributed by atoms with Gasteiger partial charge in [-0.15, -0.1) is 0 Å². The lowest BCUT2D eigenvalue weighted by molar-refractivity contribution is 0.0490. The van der Waals surface area contributed by atoms with Crippen molar-refractivity contribution >= 4 is 52.8 Å². The van der Waals surface area contributed by atoms with E-state index in [1.54, 1.807) is 37.6 Å². The van der Waals surface area contributed by atoms with E-state index in [9.17, 15) is 9.59 Å². The van der Waals surface area contributed by atoms with E-state index in [4.69, 9.17) is 33.7 Å². The summed E-state index contributed by atoms with van der Waals surface area (Å²) in [6.07, 6.45) is 3.69. The number of halogens is 2. The molecule has 3 N–H and O–H groups in total. The number of hydrogen-bond donors (Lipinski definition) is 2. The van der Waals surface area contributed by atoms with E-state index in [2.05, 4.69) is 20.2 Å². The second-order valence-electron chi connectivity index (χ2n) is 10.8. The summed E-state index contributed by atoms with van der Waals surface area (Å²) in [5.74, 6) is 0.652. The molecule has 1 fully saturated rings. The number of amides is 1. The Morgan fingerprint density at radius 1 is 1.15 bits per heavy atom. The van der Waals surface area contributed by atoms with Crippen LogP contribution in [0.2, 0.25) is 10.0 Å². The van der Waals surface area contributed by atoms with Gasteiger partial charge in [-0.2, -0.15) is 4.98 Å². The lowest BCUT2D eigenvalue weighted by Gasteiger charge is -2.37. The number of ether oxygens (including phenoxy) is 1. The summed E-state index contributed by atoms with van der Waals surface area (Å²) in [6, 6.07) is 8.96. The molecule has 1 unspecified atom stereocenters. The number of piperazine rings is 1. The zero-order chi connectivity index (χ0) is 29.7. The number of carbonyl (C=O) groups excluding carboxylic acids is 1. The van der Waals surface area contributed by atoms with Crippen LogP contribution in [0.4, 0.5) is 16.6 Å². The van der Waals surface area contributed by atoms with Gasteiger partial charge in [0.25, 0.3) is 5.56 Å². The first-order valence-corrected chi connectivity index (χ1v) is 14.8. The molecule has 1 aliphatic rings. The van der Waals surface area contributed by atoms with Crippen molar-refractivity contribution in [2.45, 2.75) is 48.6 Å². The summed E-state index contributed by atoms with van der Waals surface area (Å²) in [5, 5.41) is 3.81. The number of nitrogens with one attached hydrogen (secondary N) is 1. The zero-order valence-corrected chi connectivity index (χ0v) is 25.9. The van der Waals surface area contributed by atoms with Gasteiger partial charge in [-0.1, -0.05) is 41.0 Å². The van der Waals surface area contributed by atoms with Gasteiger partial charge in [0.05, 0.1) is 10.0 Å². The number of nitrogens with zero attached hydrogens (tertiary/aromatic N) is 5. The van der Waals surface area contributed by atoms with Gasteiger partial charge < -0.3 is 20.7 Å². The molecular formula is C28H35Cl2N7O3S. The maximum Gasteiger partial charge on any atom is 0.407 e. The standard InChI is InChI=1S/C28H35Cl2N7O3S/c1-28(2,3)40-27(39)33-19(16-18-8-10-32-11-9-18)17-36-12-14-37(15-13-36)26-34-24(31)23(25(38)35(26)4)41-21-7-5-6-20(29)22(21)30/h5-11,19H,12-17,31H2,1-4H3,(H,33,39). The van der Waals surface area contributed by atoms with E-state index in [0.29, 0.717) is 64.9 Å². The second-order valence-corrected chi connectivity index (χ2v) is 12.7. The molecule has 1 atom stereocenters. The van der Waals surface area contributed by atoms with E-state index >= 15 is 0 Å². The quantitative estimate of drug-likeness (QED) is 0.376. The predicted molar refractivity (Wildman–Crippen MR) is 164 cm³/mol. The molecule has 0 aliphatic carbocycles. The normalized spacial score (nSPS) is 15.0. The SMILES string of the molecule is Cn1c(N2CCN(CC(Cc3ccncc3)NC(=O)OC(C)(C)C)CC2)nc(N)c(Sc2cccc(Cl)c2Cl)c1=O. The molecule has 1 aliphatic heterocycles. The number of aromatic nitrogens is 3. The molecule has 41 heavy (non-hydrogen) atoms. The Kier molecular flexibility index (Phi) is 10.1. The molecule has 0 bridgehead atoms. The fourth-order valence-electron chi connectivity index (χ4n) is 4.52. The third-order valence-electron chi connectivity index (χ3n) is 6.47. The van der Waals surface area contributed by atoms with Crippen molar-refractivity contribution < 1.29 is 9.53 Å². The number of pyridine rings is 1. The van der Waals surface area contributed by atoms with Gasteiger partial charge in [0.15, 0.2) is 0 Å². The molecule has 1 saturated heterocycles. The molecule has 4 rings (SSSR count). The Morgan fingerprint density at radius 3 is 2.49 bits per heavy atom. The third kappa shape index (κ3) is 8.28. The second kappa shape index (κ2) is 13.3. The number of benzene rings is 1. The van der Waals surface area contributed by atoms with Gasteiger partial charge in [0, 0.05) is 63.1 Å². The molecule has 0 radical (unpaired) electrons. The number of carbonyl (C=O) groups is 1. The minimum Gasteiger partial charge on any atom is -0.444 e. The van der Waals surface area contributed by atoms with Crippen LogP contribution >= 0.6 is 35.0 Å². The smallest absolute Gasteiger partial charge is 0.407 e. The number of hydrogen-bond acceptors (Lipinski definition) is 9. The van der Waals surface area contributed by atoms with Crippen LogP contribution in [-0.2, 0) is 18.2 Å². The van der Waals surface area contributed by atoms with Crippen molar-refractivity contribution in [3.8, 4) is 0 Å². The van der Waals surface area contributed by atoms with Crippen molar-refractivity contribution in [3.63, 3.8) is 0 Å². The van der Waals surface area contributed by atoms with E-state index in [0.717, 1.165) is 17.3 Å². The fourth-order valence-corrected chi connectivity index (χ4v) is 5.93. The van der Waals surface area contributed by atoms with Crippen LogP contribution < -0.4 is 21.5 Å². The molecule has 10 nitrogen and oxygen atoms in total. The summed E-state index contributed by atoms with van der Waals surface area (Å²) in [5.41, 5.74) is 6.51. The molecule has 0 spiro atoms. The number of alkyl carbamates (subject to hydrolysis) is 1. The first-order valence-electron chi connectivity index (χ1n) is 13.3. The van der Waals surface area contributed by atoms with Crippen LogP contribution in [-0.4, -0.2) is 69.9 Å². The fraction of sp³-hybridized carbons (Fsp3) is 0.429. The highest BCUT2D eigenvalue weighted by atomic mass is 35.5. The minimum absolute atomic E-state index is 0.144. The maximum atomic E-state index is 13.3. The summed E-state index contributed by atoms with van der Waals surface area (Å²) >= 11 is 13.6. The Bertz CT molecular complexity index is 1420. The van der Waals surface area contributed by atoms with Crippen molar-refractivity contribution in [1.82, 2.24) is 24.8 Å². The highest BCUT2D eigenvalue weighted by Crippen LogP contribution is 2.37. The Labute approximate surface area is 254 Å². The minimum atomic E-state index is -0.587. The Balaban J connectivity index is 1.43. The van der Waals surface area contributed by atoms with Crippen LogP contribution in [0.25, 0.3) is 0 Å². The number of nitrogen functional groups attached to an aromatic ring is 1. The molecule has 2 aromatic heterocycles. The number of rotatable bonds is 8. The molecular weight excluding hydrogens is 585 g/mol. The highest BCUT2D eigenvalue weighted by molar-refractivity contribution is 7.99. The van der Waals surface area contributed by atoms with Crippen molar-refractivity contribution in [3.05, 3.63) is 68.7 Å². The Hall–Kier alpha value is -2.99. The number of anilines is 2. The summed E-state index contributed by atoms with van der Waals surface area (Å²) in [4.78, 5) is 39.8. The number of nitrogens with two attached hydrogens (primary N) is 1. The first kappa shape index (κ1) is 31.0. The van der Waals surface area contributed by atoms with E-state index in [-0.39, 0.29) is 17.4 Å². The van der Waals surface area contributed by atoms with Gasteiger partial charge in [-0.3, -0.25) is 19.2 Å². The zero-order valence-electron chi connectivity index (χ0n) is 23.6. The van der Waals surface area contributed by atoms with E-state index in [1.807, 2.05) is 37.8 Å².